The molecule has 0 radical (unpaired) electrons. The van der Waals surface area contributed by atoms with Gasteiger partial charge in [-0.3, -0.25) is 0 Å². The molecule has 0 saturated heterocycles. The van der Waals surface area contributed by atoms with Crippen LogP contribution in [0.25, 0.3) is 0 Å². The Morgan fingerprint density at radius 1 is 1.00 bits per heavy atom. The zero-order valence-corrected chi connectivity index (χ0v) is 16.1. The lowest BCUT2D eigenvalue weighted by Crippen LogP contribution is -2.59. The van der Waals surface area contributed by atoms with Crippen molar-refractivity contribution in [2.75, 3.05) is 0 Å². The Bertz CT molecular complexity index is 504. The number of hydrogen-bond donors (Lipinski definition) is 0. The quantitative estimate of drug-likeness (QED) is 0.457. The summed E-state index contributed by atoms with van der Waals surface area (Å²) >= 11 is 0. The van der Waals surface area contributed by atoms with Crippen LogP contribution >= 0.6 is 0 Å². The van der Waals surface area contributed by atoms with Gasteiger partial charge in [0.2, 0.25) is 0 Å². The Balaban J connectivity index is 1.76. The lowest BCUT2D eigenvalue weighted by atomic mass is 9.38. The van der Waals surface area contributed by atoms with Crippen molar-refractivity contribution in [3.63, 3.8) is 0 Å². The van der Waals surface area contributed by atoms with Crippen molar-refractivity contribution < 1.29 is 0 Å². The third kappa shape index (κ3) is 1.96. The second-order valence-electron chi connectivity index (χ2n) is 10.4. The Morgan fingerprint density at radius 2 is 1.74 bits per heavy atom. The third-order valence-corrected chi connectivity index (χ3v) is 9.94. The smallest absolute Gasteiger partial charge is 0.00878 e. The van der Waals surface area contributed by atoms with E-state index in [2.05, 4.69) is 34.3 Å². The highest BCUT2D eigenvalue weighted by atomic mass is 14.7. The molecule has 0 aliphatic heterocycles. The first-order valence-corrected chi connectivity index (χ1v) is 10.5. The van der Waals surface area contributed by atoms with Crippen molar-refractivity contribution in [2.45, 2.75) is 91.9 Å². The summed E-state index contributed by atoms with van der Waals surface area (Å²) in [7, 11) is 0. The van der Waals surface area contributed by atoms with Gasteiger partial charge in [-0.2, -0.15) is 0 Å². The van der Waals surface area contributed by atoms with Crippen molar-refractivity contribution >= 4 is 0 Å². The van der Waals surface area contributed by atoms with Crippen LogP contribution in [0.1, 0.15) is 91.9 Å². The predicted molar refractivity (Wildman–Crippen MR) is 99.3 cm³/mol. The molecule has 23 heavy (non-hydrogen) atoms. The van der Waals surface area contributed by atoms with E-state index in [0.29, 0.717) is 16.2 Å². The molecule has 4 aliphatic rings. The van der Waals surface area contributed by atoms with Crippen LogP contribution in [0, 0.1) is 39.9 Å². The normalized spacial score (nSPS) is 55.9. The first-order valence-electron chi connectivity index (χ1n) is 10.5. The Morgan fingerprint density at radius 3 is 2.48 bits per heavy atom. The first-order chi connectivity index (χ1) is 10.9. The minimum atomic E-state index is 0.480. The van der Waals surface area contributed by atoms with Crippen LogP contribution in [0.2, 0.25) is 0 Å². The van der Waals surface area contributed by atoms with Gasteiger partial charge in [-0.15, -0.1) is 0 Å². The van der Waals surface area contributed by atoms with Crippen LogP contribution < -0.4 is 0 Å². The van der Waals surface area contributed by atoms with E-state index < -0.39 is 0 Å². The molecule has 0 N–H and O–H groups in total. The van der Waals surface area contributed by atoms with Gasteiger partial charge in [0.05, 0.1) is 0 Å². The fourth-order valence-corrected chi connectivity index (χ4v) is 8.20. The molecule has 130 valence electrons. The molecular weight excluding hydrogens is 276 g/mol. The van der Waals surface area contributed by atoms with E-state index in [1.807, 2.05) is 0 Å². The highest BCUT2D eigenvalue weighted by molar-refractivity contribution is 5.22. The van der Waals surface area contributed by atoms with Crippen LogP contribution in [-0.2, 0) is 0 Å². The van der Waals surface area contributed by atoms with Gasteiger partial charge in [0.25, 0.3) is 0 Å². The van der Waals surface area contributed by atoms with Gasteiger partial charge in [-0.1, -0.05) is 59.1 Å². The first kappa shape index (κ1) is 16.2. The summed E-state index contributed by atoms with van der Waals surface area (Å²) in [6.45, 7) is 14.9. The molecule has 7 atom stereocenters. The third-order valence-electron chi connectivity index (χ3n) is 9.94. The number of hydrogen-bond acceptors (Lipinski definition) is 0. The molecule has 0 aromatic carbocycles. The van der Waals surface area contributed by atoms with E-state index >= 15 is 0 Å². The SMILES string of the molecule is C=C1CCC2C3C(CC)CC4(C)CCCCC4(C)C3CCC12C. The van der Waals surface area contributed by atoms with Gasteiger partial charge in [0.15, 0.2) is 0 Å². The molecular formula is C23H38. The summed E-state index contributed by atoms with van der Waals surface area (Å²) in [6.07, 6.45) is 14.6. The van der Waals surface area contributed by atoms with E-state index in [0.717, 1.165) is 23.7 Å². The van der Waals surface area contributed by atoms with Gasteiger partial charge in [-0.05, 0) is 84.9 Å². The van der Waals surface area contributed by atoms with Gasteiger partial charge in [-0.25, -0.2) is 0 Å². The second-order valence-corrected chi connectivity index (χ2v) is 10.4. The van der Waals surface area contributed by atoms with Crippen molar-refractivity contribution in [1.29, 1.82) is 0 Å². The summed E-state index contributed by atoms with van der Waals surface area (Å²) in [5.41, 5.74) is 3.31. The number of rotatable bonds is 1. The van der Waals surface area contributed by atoms with Crippen molar-refractivity contribution in [1.82, 2.24) is 0 Å². The highest BCUT2D eigenvalue weighted by Gasteiger charge is 2.63. The summed E-state index contributed by atoms with van der Waals surface area (Å²) in [5.74, 6) is 3.92. The maximum absolute atomic E-state index is 4.51. The number of fused-ring (bicyclic) bond motifs is 5. The largest absolute Gasteiger partial charge is 0.0993 e. The molecule has 0 nitrogen and oxygen atoms in total. The van der Waals surface area contributed by atoms with Crippen LogP contribution in [0.3, 0.4) is 0 Å². The summed E-state index contributed by atoms with van der Waals surface area (Å²) in [6, 6.07) is 0. The minimum absolute atomic E-state index is 0.480. The zero-order valence-electron chi connectivity index (χ0n) is 16.1. The van der Waals surface area contributed by atoms with Gasteiger partial charge >= 0.3 is 0 Å². The van der Waals surface area contributed by atoms with Gasteiger partial charge < -0.3 is 0 Å². The van der Waals surface area contributed by atoms with Crippen molar-refractivity contribution in [3.8, 4) is 0 Å². The maximum Gasteiger partial charge on any atom is -0.00878 e. The molecule has 4 saturated carbocycles. The number of allylic oxidation sites excluding steroid dienone is 1. The molecule has 4 fully saturated rings. The molecule has 0 spiro atoms. The molecule has 7 unspecified atom stereocenters. The molecule has 0 bridgehead atoms. The van der Waals surface area contributed by atoms with Crippen LogP contribution in [0.15, 0.2) is 12.2 Å². The van der Waals surface area contributed by atoms with Crippen LogP contribution in [0.4, 0.5) is 0 Å². The summed E-state index contributed by atoms with van der Waals surface area (Å²) in [5, 5.41) is 0. The molecule has 4 aliphatic carbocycles. The highest BCUT2D eigenvalue weighted by Crippen LogP contribution is 2.71. The average molecular weight is 315 g/mol. The summed E-state index contributed by atoms with van der Waals surface area (Å²) < 4.78 is 0. The van der Waals surface area contributed by atoms with Gasteiger partial charge in [0.1, 0.15) is 0 Å². The fourth-order valence-electron chi connectivity index (χ4n) is 8.20. The molecule has 0 heterocycles. The predicted octanol–water partition coefficient (Wildman–Crippen LogP) is 7.00. The lowest BCUT2D eigenvalue weighted by Gasteiger charge is -2.66. The Hall–Kier alpha value is -0.260. The summed E-state index contributed by atoms with van der Waals surface area (Å²) in [4.78, 5) is 0. The molecule has 4 rings (SSSR count). The molecule has 0 aromatic rings. The van der Waals surface area contributed by atoms with Gasteiger partial charge in [0, 0.05) is 0 Å². The Labute approximate surface area is 144 Å². The van der Waals surface area contributed by atoms with Crippen LogP contribution in [0.5, 0.6) is 0 Å². The lowest BCUT2D eigenvalue weighted by molar-refractivity contribution is -0.170. The van der Waals surface area contributed by atoms with E-state index in [4.69, 9.17) is 0 Å². The molecule has 0 heteroatoms. The maximum atomic E-state index is 4.51. The topological polar surface area (TPSA) is 0 Å². The van der Waals surface area contributed by atoms with E-state index in [9.17, 15) is 0 Å². The Kier molecular flexibility index (Phi) is 3.61. The van der Waals surface area contributed by atoms with Crippen molar-refractivity contribution in [2.24, 2.45) is 39.9 Å². The standard InChI is InChI=1S/C23H38/c1-6-17-15-21(3)12-7-8-13-23(21,5)19-11-14-22(4)16(2)9-10-18(22)20(17)19/h17-20H,2,6-15H2,1,3-5H3. The van der Waals surface area contributed by atoms with Crippen LogP contribution in [-0.4, -0.2) is 0 Å². The fraction of sp³-hybridized carbons (Fsp3) is 0.913. The average Bonchev–Trinajstić information content (AvgIpc) is 2.83. The minimum Gasteiger partial charge on any atom is -0.0993 e. The molecule has 0 amide bonds. The zero-order chi connectivity index (χ0) is 16.5. The molecule has 0 aromatic heterocycles. The second kappa shape index (κ2) is 5.12. The van der Waals surface area contributed by atoms with E-state index in [-0.39, 0.29) is 0 Å². The van der Waals surface area contributed by atoms with Crippen molar-refractivity contribution in [3.05, 3.63) is 12.2 Å². The monoisotopic (exact) mass is 314 g/mol. The van der Waals surface area contributed by atoms with E-state index in [1.54, 1.807) is 5.57 Å². The van der Waals surface area contributed by atoms with E-state index in [1.165, 1.54) is 64.2 Å².